The number of amides is 1. The Morgan fingerprint density at radius 1 is 1.29 bits per heavy atom. The molecule has 0 saturated carbocycles. The molecule has 0 bridgehead atoms. The van der Waals surface area contributed by atoms with Crippen LogP contribution in [-0.4, -0.2) is 28.7 Å². The molecule has 0 unspecified atom stereocenters. The third-order valence-corrected chi connectivity index (χ3v) is 2.22. The highest BCUT2D eigenvalue weighted by Gasteiger charge is 2.17. The highest BCUT2D eigenvalue weighted by molar-refractivity contribution is 6.03. The van der Waals surface area contributed by atoms with E-state index in [9.17, 15) is 4.79 Å². The average molecular weight is 189 g/mol. The minimum Gasteiger partial charge on any atom is -0.273 e. The fourth-order valence-electron chi connectivity index (χ4n) is 1.42. The molecule has 0 spiro atoms. The molecule has 0 aromatic carbocycles. The standard InChI is InChI=1S/C10H11N3O/c1-13-10(14)3-2-9(12-13)8-4-6-11-7-5-8/h4-7H,2-3H2,1H3. The van der Waals surface area contributed by atoms with E-state index in [-0.39, 0.29) is 5.91 Å². The lowest BCUT2D eigenvalue weighted by Gasteiger charge is -2.19. The number of pyridine rings is 1. The Balaban J connectivity index is 2.29. The first-order chi connectivity index (χ1) is 6.77. The van der Waals surface area contributed by atoms with Gasteiger partial charge in [-0.15, -0.1) is 0 Å². The number of hydrogen-bond acceptors (Lipinski definition) is 3. The van der Waals surface area contributed by atoms with Gasteiger partial charge in [-0.1, -0.05) is 0 Å². The second-order valence-corrected chi connectivity index (χ2v) is 3.20. The Kier molecular flexibility index (Phi) is 2.26. The molecule has 0 saturated heterocycles. The second kappa shape index (κ2) is 3.57. The quantitative estimate of drug-likeness (QED) is 0.662. The molecule has 0 aliphatic carbocycles. The van der Waals surface area contributed by atoms with Crippen molar-refractivity contribution in [2.75, 3.05) is 7.05 Å². The minimum atomic E-state index is 0.0720. The van der Waals surface area contributed by atoms with Crippen LogP contribution in [0, 0.1) is 0 Å². The molecule has 14 heavy (non-hydrogen) atoms. The van der Waals surface area contributed by atoms with Crippen LogP contribution in [0.1, 0.15) is 18.4 Å². The van der Waals surface area contributed by atoms with Gasteiger partial charge in [0.15, 0.2) is 0 Å². The Morgan fingerprint density at radius 2 is 2.00 bits per heavy atom. The first kappa shape index (κ1) is 8.87. The zero-order valence-electron chi connectivity index (χ0n) is 7.97. The minimum absolute atomic E-state index is 0.0720. The van der Waals surface area contributed by atoms with Crippen LogP contribution in [0.5, 0.6) is 0 Å². The van der Waals surface area contributed by atoms with Crippen LogP contribution in [0.15, 0.2) is 29.6 Å². The van der Waals surface area contributed by atoms with Crippen LogP contribution in [0.3, 0.4) is 0 Å². The van der Waals surface area contributed by atoms with E-state index in [2.05, 4.69) is 10.1 Å². The number of hydrazone groups is 1. The zero-order chi connectivity index (χ0) is 9.97. The van der Waals surface area contributed by atoms with E-state index in [0.717, 1.165) is 11.3 Å². The molecule has 0 atom stereocenters. The molecule has 1 aliphatic heterocycles. The van der Waals surface area contributed by atoms with Gasteiger partial charge in [0.25, 0.3) is 0 Å². The summed E-state index contributed by atoms with van der Waals surface area (Å²) in [4.78, 5) is 15.1. The molecule has 2 rings (SSSR count). The highest BCUT2D eigenvalue weighted by atomic mass is 16.2. The molecule has 4 nitrogen and oxygen atoms in total. The van der Waals surface area contributed by atoms with E-state index in [0.29, 0.717) is 12.8 Å². The Labute approximate surface area is 82.3 Å². The molecule has 0 fully saturated rings. The highest BCUT2D eigenvalue weighted by Crippen LogP contribution is 2.12. The number of nitrogens with zero attached hydrogens (tertiary/aromatic N) is 3. The first-order valence-electron chi connectivity index (χ1n) is 4.52. The molecule has 2 heterocycles. The van der Waals surface area contributed by atoms with Gasteiger partial charge in [-0.2, -0.15) is 5.10 Å². The number of rotatable bonds is 1. The van der Waals surface area contributed by atoms with Crippen molar-refractivity contribution >= 4 is 11.6 Å². The number of hydrogen-bond donors (Lipinski definition) is 0. The lowest BCUT2D eigenvalue weighted by atomic mass is 10.1. The zero-order valence-corrected chi connectivity index (χ0v) is 7.97. The van der Waals surface area contributed by atoms with Gasteiger partial charge in [0.2, 0.25) is 5.91 Å². The topological polar surface area (TPSA) is 45.6 Å². The van der Waals surface area contributed by atoms with E-state index in [1.807, 2.05) is 12.1 Å². The largest absolute Gasteiger partial charge is 0.273 e. The summed E-state index contributed by atoms with van der Waals surface area (Å²) in [5.41, 5.74) is 1.99. The average Bonchev–Trinajstić information content (AvgIpc) is 2.23. The molecular weight excluding hydrogens is 178 g/mol. The molecular formula is C10H11N3O. The number of aromatic nitrogens is 1. The first-order valence-corrected chi connectivity index (χ1v) is 4.52. The van der Waals surface area contributed by atoms with Gasteiger partial charge in [-0.25, -0.2) is 5.01 Å². The van der Waals surface area contributed by atoms with E-state index >= 15 is 0 Å². The fraction of sp³-hybridized carbons (Fsp3) is 0.300. The third kappa shape index (κ3) is 1.64. The van der Waals surface area contributed by atoms with E-state index in [1.54, 1.807) is 19.4 Å². The van der Waals surface area contributed by atoms with E-state index in [4.69, 9.17) is 0 Å². The number of carbonyl (C=O) groups is 1. The predicted octanol–water partition coefficient (Wildman–Crippen LogP) is 1.04. The summed E-state index contributed by atoms with van der Waals surface area (Å²) in [6.45, 7) is 0. The molecule has 1 aromatic rings. The Bertz CT molecular complexity index is 372. The van der Waals surface area contributed by atoms with Gasteiger partial charge in [-0.3, -0.25) is 9.78 Å². The third-order valence-electron chi connectivity index (χ3n) is 2.22. The summed E-state index contributed by atoms with van der Waals surface area (Å²) >= 11 is 0. The van der Waals surface area contributed by atoms with Crippen LogP contribution in [0.4, 0.5) is 0 Å². The summed E-state index contributed by atoms with van der Waals surface area (Å²) in [6, 6.07) is 3.81. The van der Waals surface area contributed by atoms with E-state index in [1.165, 1.54) is 5.01 Å². The molecule has 1 amide bonds. The van der Waals surface area contributed by atoms with Crippen molar-refractivity contribution < 1.29 is 4.79 Å². The maximum absolute atomic E-state index is 11.2. The van der Waals surface area contributed by atoms with Gasteiger partial charge >= 0.3 is 0 Å². The smallest absolute Gasteiger partial charge is 0.242 e. The number of carbonyl (C=O) groups excluding carboxylic acids is 1. The van der Waals surface area contributed by atoms with Crippen LogP contribution in [-0.2, 0) is 4.79 Å². The second-order valence-electron chi connectivity index (χ2n) is 3.20. The summed E-state index contributed by atoms with van der Waals surface area (Å²) in [5, 5.41) is 5.61. The van der Waals surface area contributed by atoms with Gasteiger partial charge in [0.1, 0.15) is 0 Å². The monoisotopic (exact) mass is 189 g/mol. The molecule has 0 radical (unpaired) electrons. The summed E-state index contributed by atoms with van der Waals surface area (Å²) < 4.78 is 0. The van der Waals surface area contributed by atoms with Crippen LogP contribution < -0.4 is 0 Å². The Morgan fingerprint density at radius 3 is 2.64 bits per heavy atom. The fourth-order valence-corrected chi connectivity index (χ4v) is 1.42. The predicted molar refractivity (Wildman–Crippen MR) is 52.8 cm³/mol. The van der Waals surface area contributed by atoms with Crippen molar-refractivity contribution in [1.82, 2.24) is 9.99 Å². The normalized spacial score (nSPS) is 16.8. The van der Waals surface area contributed by atoms with Crippen molar-refractivity contribution in [3.63, 3.8) is 0 Å². The van der Waals surface area contributed by atoms with Crippen LogP contribution >= 0.6 is 0 Å². The Hall–Kier alpha value is -1.71. The van der Waals surface area contributed by atoms with Crippen molar-refractivity contribution in [2.24, 2.45) is 5.10 Å². The lowest BCUT2D eigenvalue weighted by Crippen LogP contribution is -2.28. The molecule has 1 aromatic heterocycles. The van der Waals surface area contributed by atoms with Crippen LogP contribution in [0.25, 0.3) is 0 Å². The van der Waals surface area contributed by atoms with E-state index < -0.39 is 0 Å². The van der Waals surface area contributed by atoms with Crippen molar-refractivity contribution in [1.29, 1.82) is 0 Å². The molecule has 72 valence electrons. The van der Waals surface area contributed by atoms with Gasteiger partial charge in [-0.05, 0) is 12.1 Å². The van der Waals surface area contributed by atoms with Gasteiger partial charge < -0.3 is 0 Å². The SMILES string of the molecule is CN1N=C(c2ccncc2)CCC1=O. The van der Waals surface area contributed by atoms with Crippen molar-refractivity contribution in [3.8, 4) is 0 Å². The van der Waals surface area contributed by atoms with Crippen LogP contribution in [0.2, 0.25) is 0 Å². The summed E-state index contributed by atoms with van der Waals surface area (Å²) in [5.74, 6) is 0.0720. The van der Waals surface area contributed by atoms with Crippen molar-refractivity contribution in [3.05, 3.63) is 30.1 Å². The molecule has 0 N–H and O–H groups in total. The molecule has 1 aliphatic rings. The van der Waals surface area contributed by atoms with Crippen molar-refractivity contribution in [2.45, 2.75) is 12.8 Å². The summed E-state index contributed by atoms with van der Waals surface area (Å²) in [7, 11) is 1.68. The summed E-state index contributed by atoms with van der Waals surface area (Å²) in [6.07, 6.45) is 4.72. The maximum atomic E-state index is 11.2. The molecule has 4 heteroatoms. The lowest BCUT2D eigenvalue weighted by molar-refractivity contribution is -0.130. The van der Waals surface area contributed by atoms with Gasteiger partial charge in [0, 0.05) is 37.8 Å². The van der Waals surface area contributed by atoms with Gasteiger partial charge in [0.05, 0.1) is 5.71 Å². The maximum Gasteiger partial charge on any atom is 0.242 e.